The number of phenolic OH excluding ortho intramolecular Hbond substituents is 2. The normalized spacial score (nSPS) is 12.7. The van der Waals surface area contributed by atoms with E-state index in [9.17, 15) is 36.2 Å². The number of nitrogens with zero attached hydrogens (tertiary/aromatic N) is 2. The Morgan fingerprint density at radius 2 is 1.24 bits per heavy atom. The second-order valence-corrected chi connectivity index (χ2v) is 9.84. The summed E-state index contributed by atoms with van der Waals surface area (Å²) in [5.74, 6) is -0.957. The molecule has 4 rings (SSSR count). The minimum absolute atomic E-state index is 0.0375. The maximum absolute atomic E-state index is 11.5. The first-order valence-electron chi connectivity index (χ1n) is 9.04. The van der Waals surface area contributed by atoms with Gasteiger partial charge in [-0.3, -0.25) is 9.11 Å². The number of phenols is 2. The topological polar surface area (TPSA) is 200 Å². The highest BCUT2D eigenvalue weighted by Crippen LogP contribution is 2.41. The van der Waals surface area contributed by atoms with E-state index >= 15 is 0 Å². The number of hydrogen-bond acceptors (Lipinski definition) is 9. The van der Waals surface area contributed by atoms with Crippen LogP contribution >= 0.6 is 0 Å². The van der Waals surface area contributed by atoms with Gasteiger partial charge >= 0.3 is 0 Å². The molecular weight excluding hydrogens is 474 g/mol. The Labute approximate surface area is 186 Å². The molecule has 0 bridgehead atoms. The number of rotatable bonds is 4. The quantitative estimate of drug-likeness (QED) is 0.160. The second kappa shape index (κ2) is 7.67. The third kappa shape index (κ3) is 4.17. The van der Waals surface area contributed by atoms with E-state index in [1.54, 1.807) is 0 Å². The van der Waals surface area contributed by atoms with Gasteiger partial charge in [0.25, 0.3) is 20.2 Å². The molecule has 33 heavy (non-hydrogen) atoms. The lowest BCUT2D eigenvalue weighted by atomic mass is 10.1. The number of azo groups is 1. The van der Waals surface area contributed by atoms with Crippen molar-refractivity contribution in [3.63, 3.8) is 0 Å². The minimum atomic E-state index is -4.65. The third-order valence-corrected chi connectivity index (χ3v) is 6.56. The van der Waals surface area contributed by atoms with Crippen LogP contribution in [0.4, 0.5) is 17.1 Å². The number of aromatic hydroxyl groups is 2. The van der Waals surface area contributed by atoms with Gasteiger partial charge in [0.1, 0.15) is 11.5 Å². The molecule has 4 aromatic rings. The largest absolute Gasteiger partial charge is 0.507 e. The maximum Gasteiger partial charge on any atom is 0.294 e. The Balaban J connectivity index is 1.92. The molecule has 0 aliphatic heterocycles. The van der Waals surface area contributed by atoms with Gasteiger partial charge in [0.05, 0.1) is 26.6 Å². The van der Waals surface area contributed by atoms with E-state index in [-0.39, 0.29) is 38.2 Å². The average molecular weight is 489 g/mol. The number of anilines is 1. The third-order valence-electron chi connectivity index (χ3n) is 4.88. The summed E-state index contributed by atoms with van der Waals surface area (Å²) in [5, 5.41) is 29.2. The van der Waals surface area contributed by atoms with Gasteiger partial charge in [-0.25, -0.2) is 0 Å². The summed E-state index contributed by atoms with van der Waals surface area (Å²) in [5.41, 5.74) is 6.49. The predicted octanol–water partition coefficient (Wildman–Crippen LogP) is 3.90. The molecule has 0 aliphatic rings. The van der Waals surface area contributed by atoms with Crippen molar-refractivity contribution in [1.29, 1.82) is 0 Å². The van der Waals surface area contributed by atoms with Crippen LogP contribution in [0.25, 0.3) is 21.5 Å². The molecule has 11 nitrogen and oxygen atoms in total. The Morgan fingerprint density at radius 3 is 1.91 bits per heavy atom. The highest BCUT2D eigenvalue weighted by Gasteiger charge is 2.18. The van der Waals surface area contributed by atoms with Crippen LogP contribution in [-0.2, 0) is 20.2 Å². The van der Waals surface area contributed by atoms with E-state index in [1.807, 2.05) is 0 Å². The summed E-state index contributed by atoms with van der Waals surface area (Å²) in [6, 6.07) is 11.0. The van der Waals surface area contributed by atoms with Crippen LogP contribution in [0.2, 0.25) is 0 Å². The van der Waals surface area contributed by atoms with E-state index in [4.69, 9.17) is 5.73 Å². The van der Waals surface area contributed by atoms with Crippen molar-refractivity contribution < 1.29 is 36.2 Å². The van der Waals surface area contributed by atoms with Crippen LogP contribution in [0.5, 0.6) is 11.5 Å². The van der Waals surface area contributed by atoms with Gasteiger partial charge in [-0.05, 0) is 42.5 Å². The zero-order valence-corrected chi connectivity index (χ0v) is 18.0. The summed E-state index contributed by atoms with van der Waals surface area (Å²) >= 11 is 0. The van der Waals surface area contributed by atoms with Crippen LogP contribution in [-0.4, -0.2) is 36.2 Å². The van der Waals surface area contributed by atoms with Gasteiger partial charge in [0.15, 0.2) is 0 Å². The van der Waals surface area contributed by atoms with Crippen LogP contribution in [0, 0.1) is 0 Å². The molecule has 13 heteroatoms. The minimum Gasteiger partial charge on any atom is -0.507 e. The standard InChI is InChI=1S/C20H15N3O8S2/c21-15-3-4-16(13-7-10(32(26,27)28)1-2-12(13)15)22-23-17-5-6-18(24)14-8-11(33(29,30)31)9-19(25)20(14)17/h1-9,24-25H,21H2,(H,26,27,28)(H,29,30,31). The number of nitrogen functional groups attached to an aromatic ring is 1. The van der Waals surface area contributed by atoms with Crippen LogP contribution < -0.4 is 5.73 Å². The smallest absolute Gasteiger partial charge is 0.294 e. The average Bonchev–Trinajstić information content (AvgIpc) is 2.73. The van der Waals surface area contributed by atoms with Crippen molar-refractivity contribution >= 4 is 58.8 Å². The van der Waals surface area contributed by atoms with E-state index in [0.717, 1.165) is 12.1 Å². The first-order chi connectivity index (χ1) is 15.4. The molecule has 4 aromatic carbocycles. The second-order valence-electron chi connectivity index (χ2n) is 7.00. The maximum atomic E-state index is 11.5. The molecule has 0 aliphatic carbocycles. The predicted molar refractivity (Wildman–Crippen MR) is 119 cm³/mol. The Morgan fingerprint density at radius 1 is 0.636 bits per heavy atom. The van der Waals surface area contributed by atoms with Crippen molar-refractivity contribution in [2.24, 2.45) is 10.2 Å². The number of nitrogens with two attached hydrogens (primary N) is 1. The first kappa shape index (κ1) is 22.4. The first-order valence-corrected chi connectivity index (χ1v) is 11.9. The fraction of sp³-hybridized carbons (Fsp3) is 0. The summed E-state index contributed by atoms with van der Waals surface area (Å²) < 4.78 is 64.5. The number of fused-ring (bicyclic) bond motifs is 2. The van der Waals surface area contributed by atoms with E-state index < -0.39 is 30.9 Å². The molecule has 170 valence electrons. The fourth-order valence-corrected chi connectivity index (χ4v) is 4.36. The molecule has 0 heterocycles. The van der Waals surface area contributed by atoms with E-state index in [0.29, 0.717) is 11.1 Å². The SMILES string of the molecule is Nc1ccc(N=Nc2ccc(O)c3cc(S(=O)(=O)O)cc(O)c23)c2cc(S(=O)(=O)O)ccc12. The summed E-state index contributed by atoms with van der Waals surface area (Å²) in [7, 11) is -9.14. The fourth-order valence-electron chi connectivity index (χ4n) is 3.33. The molecule has 0 radical (unpaired) electrons. The highest BCUT2D eigenvalue weighted by molar-refractivity contribution is 7.86. The molecule has 0 fully saturated rings. The number of benzene rings is 4. The van der Waals surface area contributed by atoms with Crippen LogP contribution in [0.1, 0.15) is 0 Å². The summed E-state index contributed by atoms with van der Waals surface area (Å²) in [6.45, 7) is 0. The molecular formula is C20H15N3O8S2. The van der Waals surface area contributed by atoms with Gasteiger partial charge in [-0.2, -0.15) is 16.8 Å². The monoisotopic (exact) mass is 489 g/mol. The molecule has 0 atom stereocenters. The van der Waals surface area contributed by atoms with E-state index in [2.05, 4.69) is 10.2 Å². The Kier molecular flexibility index (Phi) is 5.21. The van der Waals surface area contributed by atoms with Crippen molar-refractivity contribution in [2.75, 3.05) is 5.73 Å². The van der Waals surface area contributed by atoms with Gasteiger partial charge in [-0.1, -0.05) is 6.07 Å². The molecule has 0 saturated carbocycles. The highest BCUT2D eigenvalue weighted by atomic mass is 32.2. The molecule has 6 N–H and O–H groups in total. The van der Waals surface area contributed by atoms with Gasteiger partial charge in [0, 0.05) is 27.9 Å². The van der Waals surface area contributed by atoms with Crippen molar-refractivity contribution in [3.05, 3.63) is 54.6 Å². The van der Waals surface area contributed by atoms with Crippen molar-refractivity contribution in [3.8, 4) is 11.5 Å². The summed E-state index contributed by atoms with van der Waals surface area (Å²) in [6.07, 6.45) is 0. The van der Waals surface area contributed by atoms with Crippen LogP contribution in [0.3, 0.4) is 0 Å². The van der Waals surface area contributed by atoms with Gasteiger partial charge in [-0.15, -0.1) is 10.2 Å². The lowest BCUT2D eigenvalue weighted by molar-refractivity contribution is 0.468. The zero-order valence-electron chi connectivity index (χ0n) is 16.4. The van der Waals surface area contributed by atoms with Crippen molar-refractivity contribution in [1.82, 2.24) is 0 Å². The van der Waals surface area contributed by atoms with Gasteiger partial charge < -0.3 is 15.9 Å². The van der Waals surface area contributed by atoms with Crippen LogP contribution in [0.15, 0.2) is 74.6 Å². The molecule has 0 spiro atoms. The summed E-state index contributed by atoms with van der Waals surface area (Å²) in [4.78, 5) is -0.998. The number of hydrogen-bond donors (Lipinski definition) is 5. The molecule has 0 amide bonds. The molecule has 0 aromatic heterocycles. The molecule has 0 saturated heterocycles. The van der Waals surface area contributed by atoms with Gasteiger partial charge in [0.2, 0.25) is 0 Å². The molecule has 0 unspecified atom stereocenters. The van der Waals surface area contributed by atoms with E-state index in [1.165, 1.54) is 42.5 Å². The lowest BCUT2D eigenvalue weighted by Crippen LogP contribution is -1.98. The zero-order chi connectivity index (χ0) is 24.1. The van der Waals surface area contributed by atoms with Crippen molar-refractivity contribution in [2.45, 2.75) is 9.79 Å². The lowest BCUT2D eigenvalue weighted by Gasteiger charge is -2.09. The Hall–Kier alpha value is -3.78. The Bertz CT molecular complexity index is 1700.